The maximum atomic E-state index is 11.8. The highest BCUT2D eigenvalue weighted by Crippen LogP contribution is 2.19. The van der Waals surface area contributed by atoms with Crippen molar-refractivity contribution < 1.29 is 9.53 Å². The first-order valence-electron chi connectivity index (χ1n) is 6.84. The Balaban J connectivity index is 1.90. The van der Waals surface area contributed by atoms with Crippen LogP contribution in [0.3, 0.4) is 0 Å². The van der Waals surface area contributed by atoms with E-state index in [1.54, 1.807) is 7.11 Å². The lowest BCUT2D eigenvalue weighted by Gasteiger charge is -2.18. The third kappa shape index (κ3) is 4.04. The van der Waals surface area contributed by atoms with Crippen LogP contribution >= 0.6 is 0 Å². The van der Waals surface area contributed by atoms with Gasteiger partial charge in [-0.05, 0) is 49.6 Å². The molecule has 0 aliphatic carbocycles. The van der Waals surface area contributed by atoms with Crippen molar-refractivity contribution in [2.24, 2.45) is 0 Å². The number of hydrogen-bond acceptors (Lipinski definition) is 3. The highest BCUT2D eigenvalue weighted by molar-refractivity contribution is 5.90. The fourth-order valence-corrected chi connectivity index (χ4v) is 2.23. The molecule has 4 nitrogen and oxygen atoms in total. The molecule has 0 spiro atoms. The Morgan fingerprint density at radius 2 is 2.32 bits per heavy atom. The van der Waals surface area contributed by atoms with Gasteiger partial charge >= 0.3 is 0 Å². The molecule has 0 radical (unpaired) electrons. The number of anilines is 1. The summed E-state index contributed by atoms with van der Waals surface area (Å²) in [5, 5.41) is 6.29. The maximum Gasteiger partial charge on any atom is 0.224 e. The molecule has 1 amide bonds. The monoisotopic (exact) mass is 262 g/mol. The largest absolute Gasteiger partial charge is 0.382 e. The van der Waals surface area contributed by atoms with E-state index in [1.165, 1.54) is 11.1 Å². The van der Waals surface area contributed by atoms with E-state index in [4.69, 9.17) is 4.74 Å². The van der Waals surface area contributed by atoms with Gasteiger partial charge < -0.3 is 15.4 Å². The van der Waals surface area contributed by atoms with E-state index in [9.17, 15) is 4.79 Å². The summed E-state index contributed by atoms with van der Waals surface area (Å²) in [4.78, 5) is 11.8. The third-order valence-corrected chi connectivity index (χ3v) is 3.56. The fraction of sp³-hybridized carbons (Fsp3) is 0.533. The number of hydrogen-bond donors (Lipinski definition) is 2. The van der Waals surface area contributed by atoms with Crippen molar-refractivity contribution in [3.05, 3.63) is 29.3 Å². The lowest BCUT2D eigenvalue weighted by atomic mass is 10.0. The Labute approximate surface area is 114 Å². The summed E-state index contributed by atoms with van der Waals surface area (Å²) in [6.45, 7) is 3.89. The van der Waals surface area contributed by atoms with Crippen molar-refractivity contribution in [2.45, 2.75) is 38.8 Å². The van der Waals surface area contributed by atoms with Crippen LogP contribution in [0.4, 0.5) is 5.69 Å². The van der Waals surface area contributed by atoms with Gasteiger partial charge in [0.2, 0.25) is 5.91 Å². The fourth-order valence-electron chi connectivity index (χ4n) is 2.23. The summed E-state index contributed by atoms with van der Waals surface area (Å²) in [6.07, 6.45) is 2.42. The minimum atomic E-state index is 0.0487. The zero-order chi connectivity index (χ0) is 13.7. The third-order valence-electron chi connectivity index (χ3n) is 3.56. The van der Waals surface area contributed by atoms with E-state index in [0.29, 0.717) is 6.42 Å². The van der Waals surface area contributed by atoms with Crippen molar-refractivity contribution in [2.75, 3.05) is 19.0 Å². The smallest absolute Gasteiger partial charge is 0.224 e. The zero-order valence-corrected chi connectivity index (χ0v) is 11.7. The van der Waals surface area contributed by atoms with E-state index in [0.717, 1.165) is 31.6 Å². The Hall–Kier alpha value is -1.39. The summed E-state index contributed by atoms with van der Waals surface area (Å²) in [5.41, 5.74) is 3.55. The van der Waals surface area contributed by atoms with Crippen LogP contribution < -0.4 is 10.6 Å². The molecule has 2 rings (SSSR count). The van der Waals surface area contributed by atoms with Crippen molar-refractivity contribution in [3.63, 3.8) is 0 Å². The average Bonchev–Trinajstić information content (AvgIpc) is 2.44. The predicted octanol–water partition coefficient (Wildman–Crippen LogP) is 2.09. The molecule has 1 aromatic rings. The molecule has 0 saturated carbocycles. The normalized spacial score (nSPS) is 15.7. The van der Waals surface area contributed by atoms with Crippen molar-refractivity contribution in [1.82, 2.24) is 5.32 Å². The summed E-state index contributed by atoms with van der Waals surface area (Å²) in [5.74, 6) is 0.0487. The van der Waals surface area contributed by atoms with Gasteiger partial charge in [-0.15, -0.1) is 0 Å². The minimum absolute atomic E-state index is 0.0487. The molecular weight excluding hydrogens is 240 g/mol. The van der Waals surface area contributed by atoms with Crippen LogP contribution in [-0.2, 0) is 22.5 Å². The molecule has 1 atom stereocenters. The molecule has 104 valence electrons. The number of carbonyl (C=O) groups is 1. The van der Waals surface area contributed by atoms with Gasteiger partial charge in [-0.3, -0.25) is 4.79 Å². The molecule has 0 bridgehead atoms. The molecule has 0 aromatic heterocycles. The molecule has 1 aromatic carbocycles. The van der Waals surface area contributed by atoms with Crippen LogP contribution in [0.15, 0.2) is 18.2 Å². The SMILES string of the molecule is COC(C)CCC(=O)Nc1ccc2c(c1)CNCC2. The number of methoxy groups -OCH3 is 1. The first-order valence-corrected chi connectivity index (χ1v) is 6.84. The van der Waals surface area contributed by atoms with Crippen LogP contribution in [0, 0.1) is 0 Å². The molecule has 0 fully saturated rings. The number of fused-ring (bicyclic) bond motifs is 1. The molecule has 1 unspecified atom stereocenters. The minimum Gasteiger partial charge on any atom is -0.382 e. The number of benzene rings is 1. The Morgan fingerprint density at radius 1 is 1.47 bits per heavy atom. The first-order chi connectivity index (χ1) is 9.19. The Morgan fingerprint density at radius 3 is 3.11 bits per heavy atom. The Kier molecular flexibility index (Phi) is 4.93. The lowest BCUT2D eigenvalue weighted by Crippen LogP contribution is -2.23. The predicted molar refractivity (Wildman–Crippen MR) is 76.2 cm³/mol. The molecule has 19 heavy (non-hydrogen) atoms. The number of carbonyl (C=O) groups excluding carboxylic acids is 1. The molecule has 2 N–H and O–H groups in total. The van der Waals surface area contributed by atoms with Gasteiger partial charge in [0.1, 0.15) is 0 Å². The van der Waals surface area contributed by atoms with Crippen molar-refractivity contribution >= 4 is 11.6 Å². The van der Waals surface area contributed by atoms with Crippen LogP contribution in [-0.4, -0.2) is 25.7 Å². The topological polar surface area (TPSA) is 50.4 Å². The van der Waals surface area contributed by atoms with Crippen molar-refractivity contribution in [3.8, 4) is 0 Å². The van der Waals surface area contributed by atoms with Crippen LogP contribution in [0.2, 0.25) is 0 Å². The van der Waals surface area contributed by atoms with Gasteiger partial charge in [0.05, 0.1) is 6.10 Å². The molecule has 1 aliphatic heterocycles. The standard InChI is InChI=1S/C15H22N2O2/c1-11(19-2)3-6-15(18)17-14-5-4-12-7-8-16-10-13(12)9-14/h4-5,9,11,16H,3,6-8,10H2,1-2H3,(H,17,18). The van der Waals surface area contributed by atoms with E-state index < -0.39 is 0 Å². The van der Waals surface area contributed by atoms with E-state index in [1.807, 2.05) is 13.0 Å². The summed E-state index contributed by atoms with van der Waals surface area (Å²) in [7, 11) is 1.67. The van der Waals surface area contributed by atoms with Gasteiger partial charge in [-0.2, -0.15) is 0 Å². The van der Waals surface area contributed by atoms with Gasteiger partial charge in [-0.1, -0.05) is 6.07 Å². The number of nitrogens with one attached hydrogen (secondary N) is 2. The summed E-state index contributed by atoms with van der Waals surface area (Å²) >= 11 is 0. The number of rotatable bonds is 5. The van der Waals surface area contributed by atoms with Gasteiger partial charge in [0, 0.05) is 25.8 Å². The van der Waals surface area contributed by atoms with Crippen LogP contribution in [0.1, 0.15) is 30.9 Å². The van der Waals surface area contributed by atoms with E-state index in [-0.39, 0.29) is 12.0 Å². The van der Waals surface area contributed by atoms with Crippen molar-refractivity contribution in [1.29, 1.82) is 0 Å². The molecule has 1 heterocycles. The molecule has 1 aliphatic rings. The van der Waals surface area contributed by atoms with Gasteiger partial charge in [0.15, 0.2) is 0 Å². The second kappa shape index (κ2) is 6.68. The maximum absolute atomic E-state index is 11.8. The van der Waals surface area contributed by atoms with E-state index >= 15 is 0 Å². The first kappa shape index (κ1) is 14.0. The summed E-state index contributed by atoms with van der Waals surface area (Å²) < 4.78 is 5.14. The molecular formula is C15H22N2O2. The lowest BCUT2D eigenvalue weighted by molar-refractivity contribution is -0.116. The molecule has 4 heteroatoms. The quantitative estimate of drug-likeness (QED) is 0.854. The molecule has 0 saturated heterocycles. The van der Waals surface area contributed by atoms with Gasteiger partial charge in [-0.25, -0.2) is 0 Å². The van der Waals surface area contributed by atoms with Crippen LogP contribution in [0.25, 0.3) is 0 Å². The Bertz CT molecular complexity index is 446. The highest BCUT2D eigenvalue weighted by Gasteiger charge is 2.10. The number of ether oxygens (including phenoxy) is 1. The zero-order valence-electron chi connectivity index (χ0n) is 11.7. The average molecular weight is 262 g/mol. The van der Waals surface area contributed by atoms with E-state index in [2.05, 4.69) is 22.8 Å². The van der Waals surface area contributed by atoms with Crippen LogP contribution in [0.5, 0.6) is 0 Å². The number of amides is 1. The van der Waals surface area contributed by atoms with Gasteiger partial charge in [0.25, 0.3) is 0 Å². The second-order valence-corrected chi connectivity index (χ2v) is 5.04. The summed E-state index contributed by atoms with van der Waals surface area (Å²) in [6, 6.07) is 6.17. The second-order valence-electron chi connectivity index (χ2n) is 5.04. The highest BCUT2D eigenvalue weighted by atomic mass is 16.5.